The molecule has 1 aliphatic carbocycles. The van der Waals surface area contributed by atoms with E-state index in [-0.39, 0.29) is 29.9 Å². The third-order valence-electron chi connectivity index (χ3n) is 4.03. The molecule has 0 spiro atoms. The molecular weight excluding hydrogens is 226 g/mol. The Balaban J connectivity index is 2.62. The summed E-state index contributed by atoms with van der Waals surface area (Å²) in [7, 11) is 0. The van der Waals surface area contributed by atoms with Crippen molar-refractivity contribution < 1.29 is 9.90 Å². The van der Waals surface area contributed by atoms with Crippen molar-refractivity contribution in [2.75, 3.05) is 6.61 Å². The van der Waals surface area contributed by atoms with E-state index in [1.54, 1.807) is 12.2 Å². The first-order chi connectivity index (χ1) is 8.57. The Morgan fingerprint density at radius 1 is 1.50 bits per heavy atom. The summed E-state index contributed by atoms with van der Waals surface area (Å²) in [6.45, 7) is 9.55. The highest BCUT2D eigenvalue weighted by Gasteiger charge is 2.39. The molecule has 2 atom stereocenters. The molecule has 3 nitrogen and oxygen atoms in total. The van der Waals surface area contributed by atoms with Crippen LogP contribution >= 0.6 is 0 Å². The van der Waals surface area contributed by atoms with Crippen LogP contribution in [0.1, 0.15) is 39.0 Å². The van der Waals surface area contributed by atoms with E-state index in [2.05, 4.69) is 18.5 Å². The van der Waals surface area contributed by atoms with Crippen LogP contribution in [0.5, 0.6) is 0 Å². The number of allylic oxidation sites excluding steroid dienone is 2. The van der Waals surface area contributed by atoms with Crippen molar-refractivity contribution in [3.05, 3.63) is 25.3 Å². The van der Waals surface area contributed by atoms with Crippen molar-refractivity contribution in [3.8, 4) is 0 Å². The lowest BCUT2D eigenvalue weighted by atomic mass is 9.85. The SMILES string of the molecule is C=CCC(CC=C)C(=O)NC1CCCC1(C)CO. The molecule has 1 fully saturated rings. The van der Waals surface area contributed by atoms with Gasteiger partial charge in [-0.15, -0.1) is 13.2 Å². The Kier molecular flexibility index (Phi) is 5.60. The molecule has 0 aromatic rings. The lowest BCUT2D eigenvalue weighted by Crippen LogP contribution is -2.46. The first kappa shape index (κ1) is 15.0. The highest BCUT2D eigenvalue weighted by molar-refractivity contribution is 5.79. The number of amides is 1. The van der Waals surface area contributed by atoms with Gasteiger partial charge in [-0.3, -0.25) is 4.79 Å². The second-order valence-corrected chi connectivity index (χ2v) is 5.51. The Morgan fingerprint density at radius 3 is 2.61 bits per heavy atom. The minimum absolute atomic E-state index is 0.0568. The van der Waals surface area contributed by atoms with E-state index in [1.165, 1.54) is 0 Å². The molecule has 1 saturated carbocycles. The van der Waals surface area contributed by atoms with Crippen LogP contribution in [-0.2, 0) is 4.79 Å². The Morgan fingerprint density at radius 2 is 2.11 bits per heavy atom. The van der Waals surface area contributed by atoms with Crippen molar-refractivity contribution in [2.45, 2.75) is 45.1 Å². The van der Waals surface area contributed by atoms with Gasteiger partial charge in [0.1, 0.15) is 0 Å². The molecule has 1 aliphatic rings. The van der Waals surface area contributed by atoms with Crippen LogP contribution < -0.4 is 5.32 Å². The Hall–Kier alpha value is -1.09. The Bertz CT molecular complexity index is 304. The summed E-state index contributed by atoms with van der Waals surface area (Å²) in [4.78, 5) is 12.2. The van der Waals surface area contributed by atoms with Crippen molar-refractivity contribution >= 4 is 5.91 Å². The van der Waals surface area contributed by atoms with Crippen LogP contribution in [-0.4, -0.2) is 23.7 Å². The smallest absolute Gasteiger partial charge is 0.223 e. The maximum Gasteiger partial charge on any atom is 0.223 e. The molecule has 0 aromatic carbocycles. The third-order valence-corrected chi connectivity index (χ3v) is 4.03. The van der Waals surface area contributed by atoms with Crippen molar-refractivity contribution in [1.82, 2.24) is 5.32 Å². The molecule has 1 amide bonds. The molecule has 0 radical (unpaired) electrons. The number of nitrogens with one attached hydrogen (secondary N) is 1. The van der Waals surface area contributed by atoms with Crippen LogP contribution in [0.4, 0.5) is 0 Å². The third kappa shape index (κ3) is 3.45. The highest BCUT2D eigenvalue weighted by Crippen LogP contribution is 2.37. The van der Waals surface area contributed by atoms with Gasteiger partial charge in [-0.25, -0.2) is 0 Å². The molecule has 1 rings (SSSR count). The molecule has 0 aromatic heterocycles. The zero-order chi connectivity index (χ0) is 13.6. The van der Waals surface area contributed by atoms with Gasteiger partial charge in [0.15, 0.2) is 0 Å². The molecule has 0 saturated heterocycles. The average molecular weight is 251 g/mol. The fourth-order valence-electron chi connectivity index (χ4n) is 2.67. The fourth-order valence-corrected chi connectivity index (χ4v) is 2.67. The van der Waals surface area contributed by atoms with E-state index in [0.29, 0.717) is 12.8 Å². The summed E-state index contributed by atoms with van der Waals surface area (Å²) in [6, 6.07) is 0.0899. The lowest BCUT2D eigenvalue weighted by molar-refractivity contribution is -0.126. The van der Waals surface area contributed by atoms with Gasteiger partial charge in [0, 0.05) is 17.4 Å². The molecule has 0 heterocycles. The molecule has 102 valence electrons. The second kappa shape index (κ2) is 6.74. The molecule has 18 heavy (non-hydrogen) atoms. The van der Waals surface area contributed by atoms with E-state index in [1.807, 2.05) is 6.92 Å². The van der Waals surface area contributed by atoms with Crippen molar-refractivity contribution in [1.29, 1.82) is 0 Å². The summed E-state index contributed by atoms with van der Waals surface area (Å²) >= 11 is 0. The minimum Gasteiger partial charge on any atom is -0.396 e. The number of hydrogen-bond donors (Lipinski definition) is 2. The van der Waals surface area contributed by atoms with Gasteiger partial charge in [-0.1, -0.05) is 25.5 Å². The van der Waals surface area contributed by atoms with Gasteiger partial charge in [0.2, 0.25) is 5.91 Å². The largest absolute Gasteiger partial charge is 0.396 e. The lowest BCUT2D eigenvalue weighted by Gasteiger charge is -2.31. The number of aliphatic hydroxyl groups is 1. The normalized spacial score (nSPS) is 27.2. The van der Waals surface area contributed by atoms with E-state index < -0.39 is 0 Å². The molecule has 2 N–H and O–H groups in total. The monoisotopic (exact) mass is 251 g/mol. The van der Waals surface area contributed by atoms with E-state index >= 15 is 0 Å². The van der Waals surface area contributed by atoms with E-state index in [9.17, 15) is 9.90 Å². The van der Waals surface area contributed by atoms with Gasteiger partial charge in [0.25, 0.3) is 0 Å². The van der Waals surface area contributed by atoms with Gasteiger partial charge >= 0.3 is 0 Å². The number of carbonyl (C=O) groups excluding carboxylic acids is 1. The Labute approximate surface area is 110 Å². The van der Waals surface area contributed by atoms with Gasteiger partial charge in [-0.2, -0.15) is 0 Å². The molecule has 3 heteroatoms. The fraction of sp³-hybridized carbons (Fsp3) is 0.667. The standard InChI is InChI=1S/C15H25NO2/c1-4-7-12(8-5-2)14(18)16-13-9-6-10-15(13,3)11-17/h4-5,12-13,17H,1-2,6-11H2,3H3,(H,16,18). The van der Waals surface area contributed by atoms with Crippen LogP contribution in [0.2, 0.25) is 0 Å². The number of carbonyl (C=O) groups is 1. The zero-order valence-electron chi connectivity index (χ0n) is 11.3. The van der Waals surface area contributed by atoms with E-state index in [4.69, 9.17) is 0 Å². The number of hydrogen-bond acceptors (Lipinski definition) is 2. The molecule has 0 bridgehead atoms. The summed E-state index contributed by atoms with van der Waals surface area (Å²) in [6.07, 6.45) is 7.87. The summed E-state index contributed by atoms with van der Waals surface area (Å²) in [5, 5.41) is 12.6. The van der Waals surface area contributed by atoms with Gasteiger partial charge < -0.3 is 10.4 Å². The summed E-state index contributed by atoms with van der Waals surface area (Å²) in [5.41, 5.74) is -0.164. The average Bonchev–Trinajstić information content (AvgIpc) is 2.71. The van der Waals surface area contributed by atoms with Crippen LogP contribution in [0.15, 0.2) is 25.3 Å². The zero-order valence-corrected chi connectivity index (χ0v) is 11.3. The second-order valence-electron chi connectivity index (χ2n) is 5.51. The topological polar surface area (TPSA) is 49.3 Å². The maximum absolute atomic E-state index is 12.2. The quantitative estimate of drug-likeness (QED) is 0.683. The molecular formula is C15H25NO2. The van der Waals surface area contributed by atoms with Crippen LogP contribution in [0.25, 0.3) is 0 Å². The number of aliphatic hydroxyl groups excluding tert-OH is 1. The van der Waals surface area contributed by atoms with Crippen LogP contribution in [0, 0.1) is 11.3 Å². The first-order valence-corrected chi connectivity index (χ1v) is 6.70. The molecule has 2 unspecified atom stereocenters. The van der Waals surface area contributed by atoms with Crippen molar-refractivity contribution in [2.24, 2.45) is 11.3 Å². The van der Waals surface area contributed by atoms with E-state index in [0.717, 1.165) is 19.3 Å². The predicted octanol–water partition coefficient (Wildman–Crippen LogP) is 2.42. The van der Waals surface area contributed by atoms with Crippen LogP contribution in [0.3, 0.4) is 0 Å². The minimum atomic E-state index is -0.164. The summed E-state index contributed by atoms with van der Waals surface area (Å²) in [5.74, 6) is -0.0232. The van der Waals surface area contributed by atoms with Crippen molar-refractivity contribution in [3.63, 3.8) is 0 Å². The molecule has 0 aliphatic heterocycles. The number of rotatable bonds is 7. The van der Waals surface area contributed by atoms with Gasteiger partial charge in [0.05, 0.1) is 6.61 Å². The first-order valence-electron chi connectivity index (χ1n) is 6.70. The maximum atomic E-state index is 12.2. The van der Waals surface area contributed by atoms with Gasteiger partial charge in [-0.05, 0) is 25.7 Å². The highest BCUT2D eigenvalue weighted by atomic mass is 16.3. The predicted molar refractivity (Wildman–Crippen MR) is 74.1 cm³/mol. The summed E-state index contributed by atoms with van der Waals surface area (Å²) < 4.78 is 0.